The Morgan fingerprint density at radius 2 is 2.00 bits per heavy atom. The molecule has 2 aromatic carbocycles. The number of hydrogen-bond donors (Lipinski definition) is 1. The lowest BCUT2D eigenvalue weighted by Crippen LogP contribution is -2.19. The van der Waals surface area contributed by atoms with E-state index in [1.54, 1.807) is 6.07 Å². The van der Waals surface area contributed by atoms with E-state index in [0.717, 1.165) is 12.0 Å². The number of rotatable bonds is 4. The molecule has 0 fully saturated rings. The second-order valence-corrected chi connectivity index (χ2v) is 5.11. The summed E-state index contributed by atoms with van der Waals surface area (Å²) < 4.78 is 13.1. The summed E-state index contributed by atoms with van der Waals surface area (Å²) in [7, 11) is 1.89. The highest BCUT2D eigenvalue weighted by atomic mass is 35.5. The van der Waals surface area contributed by atoms with Gasteiger partial charge in [0.2, 0.25) is 0 Å². The van der Waals surface area contributed by atoms with Gasteiger partial charge in [0, 0.05) is 11.1 Å². The van der Waals surface area contributed by atoms with Crippen molar-refractivity contribution in [2.24, 2.45) is 0 Å². The van der Waals surface area contributed by atoms with Crippen molar-refractivity contribution in [3.63, 3.8) is 0 Å². The molecule has 0 bridgehead atoms. The SMILES string of the molecule is CNC(Cc1cccc(C)c1)c1ccc(F)cc1Cl. The van der Waals surface area contributed by atoms with E-state index in [2.05, 4.69) is 30.4 Å². The highest BCUT2D eigenvalue weighted by molar-refractivity contribution is 6.31. The van der Waals surface area contributed by atoms with Crippen LogP contribution in [-0.2, 0) is 6.42 Å². The number of hydrogen-bond acceptors (Lipinski definition) is 1. The van der Waals surface area contributed by atoms with Crippen LogP contribution in [0.1, 0.15) is 22.7 Å². The largest absolute Gasteiger partial charge is 0.313 e. The zero-order valence-electron chi connectivity index (χ0n) is 11.1. The van der Waals surface area contributed by atoms with Crippen LogP contribution in [0.15, 0.2) is 42.5 Å². The first-order chi connectivity index (χ1) is 9.10. The summed E-state index contributed by atoms with van der Waals surface area (Å²) >= 11 is 6.12. The number of aryl methyl sites for hydroxylation is 1. The first-order valence-electron chi connectivity index (χ1n) is 6.28. The van der Waals surface area contributed by atoms with E-state index in [1.165, 1.54) is 23.3 Å². The van der Waals surface area contributed by atoms with E-state index in [1.807, 2.05) is 13.1 Å². The van der Waals surface area contributed by atoms with Crippen LogP contribution in [0, 0.1) is 12.7 Å². The average Bonchev–Trinajstić information content (AvgIpc) is 2.37. The van der Waals surface area contributed by atoms with E-state index >= 15 is 0 Å². The summed E-state index contributed by atoms with van der Waals surface area (Å²) in [4.78, 5) is 0. The van der Waals surface area contributed by atoms with E-state index < -0.39 is 0 Å². The summed E-state index contributed by atoms with van der Waals surface area (Å²) in [5, 5.41) is 3.70. The van der Waals surface area contributed by atoms with E-state index in [9.17, 15) is 4.39 Å². The summed E-state index contributed by atoms with van der Waals surface area (Å²) in [5.41, 5.74) is 3.39. The maximum absolute atomic E-state index is 13.1. The second-order valence-electron chi connectivity index (χ2n) is 4.70. The lowest BCUT2D eigenvalue weighted by atomic mass is 9.98. The lowest BCUT2D eigenvalue weighted by molar-refractivity contribution is 0.586. The zero-order valence-corrected chi connectivity index (χ0v) is 11.8. The Balaban J connectivity index is 2.25. The Labute approximate surface area is 118 Å². The highest BCUT2D eigenvalue weighted by Gasteiger charge is 2.14. The van der Waals surface area contributed by atoms with Gasteiger partial charge < -0.3 is 5.32 Å². The van der Waals surface area contributed by atoms with Gasteiger partial charge in [-0.3, -0.25) is 0 Å². The minimum Gasteiger partial charge on any atom is -0.313 e. The first kappa shape index (κ1) is 14.0. The molecule has 3 heteroatoms. The number of halogens is 2. The van der Waals surface area contributed by atoms with Crippen LogP contribution in [0.4, 0.5) is 4.39 Å². The molecule has 0 saturated heterocycles. The molecule has 2 aromatic rings. The van der Waals surface area contributed by atoms with Gasteiger partial charge in [0.05, 0.1) is 0 Å². The van der Waals surface area contributed by atoms with Crippen molar-refractivity contribution in [1.82, 2.24) is 5.32 Å². The van der Waals surface area contributed by atoms with Gasteiger partial charge in [0.25, 0.3) is 0 Å². The standard InChI is InChI=1S/C16H17ClFN/c1-11-4-3-5-12(8-11)9-16(19-2)14-7-6-13(18)10-15(14)17/h3-8,10,16,19H,9H2,1-2H3. The smallest absolute Gasteiger partial charge is 0.124 e. The van der Waals surface area contributed by atoms with Crippen molar-refractivity contribution < 1.29 is 4.39 Å². The lowest BCUT2D eigenvalue weighted by Gasteiger charge is -2.18. The normalized spacial score (nSPS) is 12.4. The summed E-state index contributed by atoms with van der Waals surface area (Å²) in [6.45, 7) is 2.07. The van der Waals surface area contributed by atoms with Crippen LogP contribution in [0.3, 0.4) is 0 Å². The maximum Gasteiger partial charge on any atom is 0.124 e. The summed E-state index contributed by atoms with van der Waals surface area (Å²) in [5.74, 6) is -0.306. The van der Waals surface area contributed by atoms with Crippen molar-refractivity contribution in [1.29, 1.82) is 0 Å². The van der Waals surface area contributed by atoms with Crippen LogP contribution >= 0.6 is 11.6 Å². The van der Waals surface area contributed by atoms with Crippen LogP contribution in [-0.4, -0.2) is 7.05 Å². The molecule has 1 atom stereocenters. The van der Waals surface area contributed by atoms with Gasteiger partial charge in [-0.1, -0.05) is 47.5 Å². The van der Waals surface area contributed by atoms with Gasteiger partial charge in [0.1, 0.15) is 5.82 Å². The Bertz CT molecular complexity index is 568. The third kappa shape index (κ3) is 3.55. The fourth-order valence-electron chi connectivity index (χ4n) is 2.23. The Morgan fingerprint density at radius 3 is 2.63 bits per heavy atom. The second kappa shape index (κ2) is 6.18. The Hall–Kier alpha value is -1.38. The van der Waals surface area contributed by atoms with Crippen molar-refractivity contribution in [3.05, 3.63) is 70.0 Å². The molecule has 0 aliphatic rings. The molecule has 19 heavy (non-hydrogen) atoms. The minimum atomic E-state index is -0.306. The van der Waals surface area contributed by atoms with E-state index in [4.69, 9.17) is 11.6 Å². The van der Waals surface area contributed by atoms with Crippen molar-refractivity contribution in [2.45, 2.75) is 19.4 Å². The predicted molar refractivity (Wildman–Crippen MR) is 78.1 cm³/mol. The Kier molecular flexibility index (Phi) is 4.56. The average molecular weight is 278 g/mol. The first-order valence-corrected chi connectivity index (χ1v) is 6.65. The third-order valence-corrected chi connectivity index (χ3v) is 3.54. The van der Waals surface area contributed by atoms with E-state index in [-0.39, 0.29) is 11.9 Å². The van der Waals surface area contributed by atoms with Crippen LogP contribution in [0.25, 0.3) is 0 Å². The molecule has 0 heterocycles. The zero-order chi connectivity index (χ0) is 13.8. The molecular weight excluding hydrogens is 261 g/mol. The molecule has 0 amide bonds. The minimum absolute atomic E-state index is 0.0786. The molecule has 1 unspecified atom stereocenters. The molecule has 1 nitrogen and oxygen atoms in total. The molecule has 100 valence electrons. The fraction of sp³-hybridized carbons (Fsp3) is 0.250. The van der Waals surface area contributed by atoms with Crippen LogP contribution < -0.4 is 5.32 Å². The maximum atomic E-state index is 13.1. The highest BCUT2D eigenvalue weighted by Crippen LogP contribution is 2.26. The van der Waals surface area contributed by atoms with Crippen LogP contribution in [0.5, 0.6) is 0 Å². The molecule has 2 rings (SSSR count). The number of nitrogens with one attached hydrogen (secondary N) is 1. The topological polar surface area (TPSA) is 12.0 Å². The van der Waals surface area contributed by atoms with Gasteiger partial charge in [0.15, 0.2) is 0 Å². The van der Waals surface area contributed by atoms with Crippen molar-refractivity contribution in [3.8, 4) is 0 Å². The van der Waals surface area contributed by atoms with Gasteiger partial charge in [-0.05, 0) is 43.7 Å². The van der Waals surface area contributed by atoms with Crippen molar-refractivity contribution >= 4 is 11.6 Å². The predicted octanol–water partition coefficient (Wildman–Crippen LogP) is 4.29. The third-order valence-electron chi connectivity index (χ3n) is 3.21. The summed E-state index contributed by atoms with van der Waals surface area (Å²) in [6.07, 6.45) is 0.823. The number of benzene rings is 2. The van der Waals surface area contributed by atoms with Gasteiger partial charge in [-0.25, -0.2) is 4.39 Å². The molecule has 0 saturated carbocycles. The van der Waals surface area contributed by atoms with Gasteiger partial charge >= 0.3 is 0 Å². The Morgan fingerprint density at radius 1 is 1.21 bits per heavy atom. The molecule has 1 N–H and O–H groups in total. The molecule has 0 aliphatic carbocycles. The number of likely N-dealkylation sites (N-methyl/N-ethyl adjacent to an activating group) is 1. The van der Waals surface area contributed by atoms with E-state index in [0.29, 0.717) is 5.02 Å². The molecule has 0 aliphatic heterocycles. The molecular formula is C16H17ClFN. The molecule has 0 radical (unpaired) electrons. The monoisotopic (exact) mass is 277 g/mol. The van der Waals surface area contributed by atoms with Gasteiger partial charge in [-0.15, -0.1) is 0 Å². The van der Waals surface area contributed by atoms with Crippen LogP contribution in [0.2, 0.25) is 5.02 Å². The quantitative estimate of drug-likeness (QED) is 0.879. The van der Waals surface area contributed by atoms with Crippen molar-refractivity contribution in [2.75, 3.05) is 7.05 Å². The molecule has 0 spiro atoms. The fourth-order valence-corrected chi connectivity index (χ4v) is 2.53. The van der Waals surface area contributed by atoms with Gasteiger partial charge in [-0.2, -0.15) is 0 Å². The summed E-state index contributed by atoms with van der Waals surface area (Å²) in [6, 6.07) is 13.0. The molecule has 0 aromatic heterocycles.